The van der Waals surface area contributed by atoms with Crippen molar-refractivity contribution in [2.45, 2.75) is 45.6 Å². The largest absolute Gasteiger partial charge is 0.317 e. The summed E-state index contributed by atoms with van der Waals surface area (Å²) < 4.78 is 0. The molecule has 1 N–H and O–H groups in total. The van der Waals surface area contributed by atoms with Crippen LogP contribution in [0.3, 0.4) is 0 Å². The van der Waals surface area contributed by atoms with Crippen molar-refractivity contribution in [1.29, 1.82) is 0 Å². The molecule has 1 nitrogen and oxygen atoms in total. The molecule has 1 unspecified atom stereocenters. The first-order valence-corrected chi connectivity index (χ1v) is 6.42. The number of aryl methyl sites for hydroxylation is 2. The summed E-state index contributed by atoms with van der Waals surface area (Å²) >= 11 is 0. The molecule has 0 amide bonds. The molecule has 0 heterocycles. The molecule has 2 rings (SSSR count). The highest BCUT2D eigenvalue weighted by molar-refractivity contribution is 5.31. The average molecular weight is 217 g/mol. The number of hydrogen-bond donors (Lipinski definition) is 1. The van der Waals surface area contributed by atoms with Crippen molar-refractivity contribution in [2.24, 2.45) is 5.92 Å². The molecule has 0 saturated heterocycles. The summed E-state index contributed by atoms with van der Waals surface area (Å²) in [5.74, 6) is 1.00. The van der Waals surface area contributed by atoms with Gasteiger partial charge in [0.05, 0.1) is 0 Å². The summed E-state index contributed by atoms with van der Waals surface area (Å²) in [7, 11) is 2.10. The highest BCUT2D eigenvalue weighted by Gasteiger charge is 2.24. The number of likely N-dealkylation sites (N-methyl/N-ethyl adjacent to an activating group) is 1. The molecule has 0 spiro atoms. The van der Waals surface area contributed by atoms with E-state index in [9.17, 15) is 0 Å². The number of nitrogens with one attached hydrogen (secondary N) is 1. The molecule has 0 aromatic heterocycles. The SMILES string of the molecule is CNC(Cc1cc(C)ccc1C)CC1CC1. The third-order valence-electron chi connectivity index (χ3n) is 3.69. The number of benzene rings is 1. The summed E-state index contributed by atoms with van der Waals surface area (Å²) in [5, 5.41) is 3.47. The minimum Gasteiger partial charge on any atom is -0.317 e. The first-order chi connectivity index (χ1) is 7.69. The molecule has 1 saturated carbocycles. The van der Waals surface area contributed by atoms with Gasteiger partial charge in [-0.1, -0.05) is 36.6 Å². The van der Waals surface area contributed by atoms with Crippen LogP contribution in [-0.2, 0) is 6.42 Å². The lowest BCUT2D eigenvalue weighted by Gasteiger charge is -2.17. The van der Waals surface area contributed by atoms with Gasteiger partial charge >= 0.3 is 0 Å². The fraction of sp³-hybridized carbons (Fsp3) is 0.600. The molecule has 88 valence electrons. The summed E-state index contributed by atoms with van der Waals surface area (Å²) in [6.45, 7) is 4.40. The van der Waals surface area contributed by atoms with Gasteiger partial charge in [-0.3, -0.25) is 0 Å². The maximum Gasteiger partial charge on any atom is 0.0107 e. The van der Waals surface area contributed by atoms with Crippen LogP contribution in [0.25, 0.3) is 0 Å². The second-order valence-corrected chi connectivity index (χ2v) is 5.30. The zero-order valence-corrected chi connectivity index (χ0v) is 10.7. The molecule has 16 heavy (non-hydrogen) atoms. The van der Waals surface area contributed by atoms with Crippen molar-refractivity contribution in [3.05, 3.63) is 34.9 Å². The van der Waals surface area contributed by atoms with Crippen LogP contribution in [0, 0.1) is 19.8 Å². The summed E-state index contributed by atoms with van der Waals surface area (Å²) in [6, 6.07) is 7.45. The van der Waals surface area contributed by atoms with Crippen LogP contribution in [0.4, 0.5) is 0 Å². The normalized spacial score (nSPS) is 17.4. The van der Waals surface area contributed by atoms with E-state index in [1.165, 1.54) is 42.4 Å². The lowest BCUT2D eigenvalue weighted by Crippen LogP contribution is -2.28. The highest BCUT2D eigenvalue weighted by Crippen LogP contribution is 2.34. The molecular formula is C15H23N. The summed E-state index contributed by atoms with van der Waals surface area (Å²) in [5.41, 5.74) is 4.32. The van der Waals surface area contributed by atoms with Crippen LogP contribution >= 0.6 is 0 Å². The Morgan fingerprint density at radius 2 is 2.06 bits per heavy atom. The molecule has 1 aromatic carbocycles. The van der Waals surface area contributed by atoms with Crippen LogP contribution in [-0.4, -0.2) is 13.1 Å². The fourth-order valence-electron chi connectivity index (χ4n) is 2.34. The van der Waals surface area contributed by atoms with Gasteiger partial charge in [-0.2, -0.15) is 0 Å². The van der Waals surface area contributed by atoms with Gasteiger partial charge in [0.1, 0.15) is 0 Å². The summed E-state index contributed by atoms with van der Waals surface area (Å²) in [4.78, 5) is 0. The van der Waals surface area contributed by atoms with Crippen molar-refractivity contribution in [2.75, 3.05) is 7.05 Å². The monoisotopic (exact) mass is 217 g/mol. The maximum absolute atomic E-state index is 3.47. The molecule has 1 aliphatic carbocycles. The van der Waals surface area contributed by atoms with Gasteiger partial charge < -0.3 is 5.32 Å². The van der Waals surface area contributed by atoms with Crippen molar-refractivity contribution < 1.29 is 0 Å². The van der Waals surface area contributed by atoms with Gasteiger partial charge in [0.25, 0.3) is 0 Å². The minimum atomic E-state index is 0.660. The van der Waals surface area contributed by atoms with Gasteiger partial charge in [0.2, 0.25) is 0 Å². The smallest absolute Gasteiger partial charge is 0.0107 e. The van der Waals surface area contributed by atoms with Crippen LogP contribution < -0.4 is 5.32 Å². The lowest BCUT2D eigenvalue weighted by atomic mass is 9.96. The topological polar surface area (TPSA) is 12.0 Å². The third kappa shape index (κ3) is 3.08. The highest BCUT2D eigenvalue weighted by atomic mass is 14.9. The van der Waals surface area contributed by atoms with Crippen molar-refractivity contribution in [3.8, 4) is 0 Å². The Morgan fingerprint density at radius 1 is 1.31 bits per heavy atom. The van der Waals surface area contributed by atoms with Crippen LogP contribution in [0.15, 0.2) is 18.2 Å². The van der Waals surface area contributed by atoms with Crippen LogP contribution in [0.1, 0.15) is 36.0 Å². The zero-order valence-electron chi connectivity index (χ0n) is 10.7. The average Bonchev–Trinajstić information content (AvgIpc) is 3.06. The summed E-state index contributed by atoms with van der Waals surface area (Å²) in [6.07, 6.45) is 5.43. The van der Waals surface area contributed by atoms with Crippen LogP contribution in [0.2, 0.25) is 0 Å². The third-order valence-corrected chi connectivity index (χ3v) is 3.69. The molecule has 0 bridgehead atoms. The first-order valence-electron chi connectivity index (χ1n) is 6.42. The second-order valence-electron chi connectivity index (χ2n) is 5.30. The van der Waals surface area contributed by atoms with Crippen molar-refractivity contribution >= 4 is 0 Å². The van der Waals surface area contributed by atoms with E-state index in [2.05, 4.69) is 44.4 Å². The lowest BCUT2D eigenvalue weighted by molar-refractivity contribution is 0.490. The second kappa shape index (κ2) is 5.01. The molecule has 1 heteroatoms. The molecule has 1 fully saturated rings. The molecule has 0 radical (unpaired) electrons. The van der Waals surface area contributed by atoms with E-state index in [4.69, 9.17) is 0 Å². The molecular weight excluding hydrogens is 194 g/mol. The Bertz CT molecular complexity index is 352. The number of rotatable bonds is 5. The molecule has 1 aromatic rings. The predicted molar refractivity (Wildman–Crippen MR) is 69.8 cm³/mol. The maximum atomic E-state index is 3.47. The molecule has 1 aliphatic rings. The van der Waals surface area contributed by atoms with E-state index >= 15 is 0 Å². The van der Waals surface area contributed by atoms with Crippen molar-refractivity contribution in [3.63, 3.8) is 0 Å². The van der Waals surface area contributed by atoms with E-state index < -0.39 is 0 Å². The van der Waals surface area contributed by atoms with Gasteiger partial charge in [-0.25, -0.2) is 0 Å². The van der Waals surface area contributed by atoms with Crippen molar-refractivity contribution in [1.82, 2.24) is 5.32 Å². The van der Waals surface area contributed by atoms with E-state index in [-0.39, 0.29) is 0 Å². The number of hydrogen-bond acceptors (Lipinski definition) is 1. The fourth-order valence-corrected chi connectivity index (χ4v) is 2.34. The van der Waals surface area contributed by atoms with E-state index in [1.807, 2.05) is 0 Å². The van der Waals surface area contributed by atoms with Crippen LogP contribution in [0.5, 0.6) is 0 Å². The molecule has 0 aliphatic heterocycles. The van der Waals surface area contributed by atoms with Gasteiger partial charge in [0, 0.05) is 6.04 Å². The van der Waals surface area contributed by atoms with Gasteiger partial charge in [0.15, 0.2) is 0 Å². The first kappa shape index (κ1) is 11.7. The van der Waals surface area contributed by atoms with Gasteiger partial charge in [-0.05, 0) is 50.8 Å². The van der Waals surface area contributed by atoms with E-state index in [1.54, 1.807) is 0 Å². The zero-order chi connectivity index (χ0) is 11.5. The Balaban J connectivity index is 2.01. The van der Waals surface area contributed by atoms with E-state index in [0.29, 0.717) is 6.04 Å². The minimum absolute atomic E-state index is 0.660. The van der Waals surface area contributed by atoms with E-state index in [0.717, 1.165) is 5.92 Å². The Labute approximate surface area is 99.3 Å². The Hall–Kier alpha value is -0.820. The quantitative estimate of drug-likeness (QED) is 0.798. The standard InChI is InChI=1S/C15H23N/c1-11-4-5-12(2)14(8-11)10-15(16-3)9-13-6-7-13/h4-5,8,13,15-16H,6-7,9-10H2,1-3H3. The molecule has 1 atom stereocenters. The Morgan fingerprint density at radius 3 is 2.69 bits per heavy atom. The van der Waals surface area contributed by atoms with Gasteiger partial charge in [-0.15, -0.1) is 0 Å². The predicted octanol–water partition coefficient (Wildman–Crippen LogP) is 3.23. The Kier molecular flexibility index (Phi) is 3.65.